The molecule has 0 saturated heterocycles. The van der Waals surface area contributed by atoms with Crippen molar-refractivity contribution >= 4 is 39.6 Å². The van der Waals surface area contributed by atoms with Crippen LogP contribution in [0.15, 0.2) is 0 Å². The summed E-state index contributed by atoms with van der Waals surface area (Å²) < 4.78 is 18.5. The van der Waals surface area contributed by atoms with Crippen molar-refractivity contribution in [1.82, 2.24) is 0 Å². The molecule has 0 aromatic heterocycles. The van der Waals surface area contributed by atoms with Gasteiger partial charge >= 0.3 is 18.9 Å². The fourth-order valence-electron chi connectivity index (χ4n) is 0. The van der Waals surface area contributed by atoms with Crippen LogP contribution in [0.3, 0.4) is 0 Å². The Morgan fingerprint density at radius 3 is 1.50 bits per heavy atom. The van der Waals surface area contributed by atoms with Crippen LogP contribution in [0.5, 0.6) is 0 Å². The Morgan fingerprint density at radius 2 is 1.50 bits per heavy atom. The fourth-order valence-corrected chi connectivity index (χ4v) is 0. The molecule has 2 N–H and O–H groups in total. The molecule has 3 nitrogen and oxygen atoms in total. The molecule has 0 aliphatic heterocycles. The molecular formula is H4LiNO2S2. The summed E-state index contributed by atoms with van der Waals surface area (Å²) in [5.74, 6) is 0. The first kappa shape index (κ1) is 9.97. The second-order valence-electron chi connectivity index (χ2n) is 0.515. The van der Waals surface area contributed by atoms with Crippen molar-refractivity contribution in [3.63, 3.8) is 0 Å². The monoisotopic (exact) mass is 121 g/mol. The van der Waals surface area contributed by atoms with Crippen LogP contribution in [0.2, 0.25) is 0 Å². The summed E-state index contributed by atoms with van der Waals surface area (Å²) in [6.45, 7) is 0. The van der Waals surface area contributed by atoms with Crippen molar-refractivity contribution < 1.29 is 8.42 Å². The molecule has 0 rings (SSSR count). The van der Waals surface area contributed by atoms with Crippen molar-refractivity contribution in [1.29, 1.82) is 0 Å². The second-order valence-corrected chi connectivity index (χ2v) is 3.07. The molecule has 0 radical (unpaired) electrons. The molecule has 0 unspecified atom stereocenters. The Morgan fingerprint density at radius 1 is 1.50 bits per heavy atom. The van der Waals surface area contributed by atoms with Gasteiger partial charge < -0.3 is 0 Å². The average molecular weight is 121 g/mol. The third-order valence-corrected chi connectivity index (χ3v) is 0. The van der Waals surface area contributed by atoms with Gasteiger partial charge in [-0.3, -0.25) is 0 Å². The molecule has 0 atom stereocenters. The van der Waals surface area contributed by atoms with E-state index in [1.54, 1.807) is 0 Å². The number of hydrogen-bond acceptors (Lipinski definition) is 2. The summed E-state index contributed by atoms with van der Waals surface area (Å²) in [4.78, 5) is 0. The topological polar surface area (TPSA) is 60.2 Å². The minimum atomic E-state index is -3.47. The summed E-state index contributed by atoms with van der Waals surface area (Å²) >= 11 is 2.87. The van der Waals surface area contributed by atoms with E-state index in [4.69, 9.17) is 0 Å². The van der Waals surface area contributed by atoms with Gasteiger partial charge in [0.15, 0.2) is 0 Å². The summed E-state index contributed by atoms with van der Waals surface area (Å²) in [5.41, 5.74) is 0. The van der Waals surface area contributed by atoms with Crippen molar-refractivity contribution in [2.24, 2.45) is 5.14 Å². The minimum absolute atomic E-state index is 0. The Kier molecular flexibility index (Phi) is 4.88. The number of rotatable bonds is 0. The van der Waals surface area contributed by atoms with E-state index >= 15 is 0 Å². The Balaban J connectivity index is 0. The van der Waals surface area contributed by atoms with Crippen LogP contribution in [0.4, 0.5) is 0 Å². The molecule has 34 valence electrons. The van der Waals surface area contributed by atoms with Crippen molar-refractivity contribution in [3.8, 4) is 0 Å². The first-order valence-electron chi connectivity index (χ1n) is 0.752. The van der Waals surface area contributed by atoms with Gasteiger partial charge in [0.1, 0.15) is 0 Å². The Hall–Kier alpha value is 0.857. The molecular weight excluding hydrogens is 117 g/mol. The molecule has 0 amide bonds. The van der Waals surface area contributed by atoms with E-state index in [1.165, 1.54) is 0 Å². The molecule has 6 heavy (non-hydrogen) atoms. The van der Waals surface area contributed by atoms with Gasteiger partial charge in [-0.1, -0.05) is 0 Å². The van der Waals surface area contributed by atoms with Gasteiger partial charge in [-0.25, -0.2) is 13.6 Å². The summed E-state index contributed by atoms with van der Waals surface area (Å²) in [6.07, 6.45) is 0. The third-order valence-electron chi connectivity index (χ3n) is 0. The van der Waals surface area contributed by atoms with Gasteiger partial charge in [0.05, 0.1) is 0 Å². The molecule has 0 aliphatic rings. The maximum absolute atomic E-state index is 9.27. The van der Waals surface area contributed by atoms with Gasteiger partial charge in [-0.05, 0) is 11.7 Å². The van der Waals surface area contributed by atoms with E-state index < -0.39 is 9.06 Å². The van der Waals surface area contributed by atoms with Crippen LogP contribution in [0.25, 0.3) is 0 Å². The zero-order valence-corrected chi connectivity index (χ0v) is 3.96. The standard InChI is InChI=1S/Li.H3NO2S2.H/c;1-5(2,3)4;/h;(H3,1,2,3,4);. The molecule has 0 fully saturated rings. The molecule has 0 aromatic carbocycles. The number of thiol groups is 1. The first-order chi connectivity index (χ1) is 2.00. The summed E-state index contributed by atoms with van der Waals surface area (Å²) in [6, 6.07) is 0. The van der Waals surface area contributed by atoms with E-state index in [0.29, 0.717) is 0 Å². The predicted molar refractivity (Wildman–Crippen MR) is 29.2 cm³/mol. The summed E-state index contributed by atoms with van der Waals surface area (Å²) in [7, 11) is -3.47. The molecule has 0 heterocycles. The van der Waals surface area contributed by atoms with E-state index in [0.717, 1.165) is 0 Å². The van der Waals surface area contributed by atoms with Crippen LogP contribution in [-0.4, -0.2) is 27.3 Å². The second kappa shape index (κ2) is 2.94. The number of hydrogen-bond donors (Lipinski definition) is 2. The van der Waals surface area contributed by atoms with Gasteiger partial charge in [-0.15, -0.1) is 0 Å². The van der Waals surface area contributed by atoms with Crippen LogP contribution >= 0.6 is 11.7 Å². The zero-order valence-electron chi connectivity index (χ0n) is 2.25. The number of nitrogens with two attached hydrogens (primary N) is 1. The SMILES string of the molecule is NS(=O)(=O)S.[LiH]. The maximum atomic E-state index is 9.27. The van der Waals surface area contributed by atoms with Crippen LogP contribution in [-0.2, 0) is 9.06 Å². The van der Waals surface area contributed by atoms with Crippen molar-refractivity contribution in [3.05, 3.63) is 0 Å². The fraction of sp³-hybridized carbons (Fsp3) is 0. The molecule has 6 heteroatoms. The van der Waals surface area contributed by atoms with Gasteiger partial charge in [-0.2, -0.15) is 0 Å². The van der Waals surface area contributed by atoms with E-state index in [1.807, 2.05) is 0 Å². The van der Waals surface area contributed by atoms with Crippen molar-refractivity contribution in [2.45, 2.75) is 0 Å². The van der Waals surface area contributed by atoms with Crippen LogP contribution < -0.4 is 5.14 Å². The van der Waals surface area contributed by atoms with Crippen molar-refractivity contribution in [2.75, 3.05) is 0 Å². The van der Waals surface area contributed by atoms with Gasteiger partial charge in [0.2, 0.25) is 0 Å². The van der Waals surface area contributed by atoms with Gasteiger partial charge in [0, 0.05) is 0 Å². The molecule has 0 aromatic rings. The molecule has 0 aliphatic carbocycles. The van der Waals surface area contributed by atoms with E-state index in [9.17, 15) is 8.42 Å². The van der Waals surface area contributed by atoms with Crippen LogP contribution in [0, 0.1) is 0 Å². The molecule has 0 bridgehead atoms. The van der Waals surface area contributed by atoms with Gasteiger partial charge in [0.25, 0.3) is 9.06 Å². The zero-order chi connectivity index (χ0) is 4.50. The normalized spacial score (nSPS) is 9.67. The van der Waals surface area contributed by atoms with Crippen LogP contribution in [0.1, 0.15) is 0 Å². The molecule has 0 saturated carbocycles. The molecule has 0 spiro atoms. The van der Waals surface area contributed by atoms with E-state index in [-0.39, 0.29) is 18.9 Å². The quantitative estimate of drug-likeness (QED) is 0.232. The Labute approximate surface area is 53.3 Å². The first-order valence-corrected chi connectivity index (χ1v) is 3.35. The van der Waals surface area contributed by atoms with E-state index in [2.05, 4.69) is 16.8 Å². The Bertz CT molecular complexity index is 94.7. The predicted octanol–water partition coefficient (Wildman–Crippen LogP) is -1.53. The average Bonchev–Trinajstić information content (AvgIpc) is 0.722. The summed E-state index contributed by atoms with van der Waals surface area (Å²) in [5, 5.41) is 4.19. The third kappa shape index (κ3) is 98.3.